The second-order valence-corrected chi connectivity index (χ2v) is 3.03. The van der Waals surface area contributed by atoms with Gasteiger partial charge in [0.1, 0.15) is 12.0 Å². The fraction of sp³-hybridized carbons (Fsp3) is 0.222. The molecule has 4 heteroatoms. The third-order valence-electron chi connectivity index (χ3n) is 2.14. The predicted molar refractivity (Wildman–Crippen MR) is 49.4 cm³/mol. The van der Waals surface area contributed by atoms with Crippen molar-refractivity contribution >= 4 is 5.84 Å². The summed E-state index contributed by atoms with van der Waals surface area (Å²) in [6.45, 7) is 0. The maximum absolute atomic E-state index is 8.84. The molecule has 13 heavy (non-hydrogen) atoms. The van der Waals surface area contributed by atoms with Crippen LogP contribution in [-0.4, -0.2) is 11.0 Å². The number of nitrogens with two attached hydrogens (primary N) is 1. The standard InChI is InChI=1S/C9H11N3O/c10-8-5-6-3-1-2-4-7(6)9(11-8)12-13/h1-4,9,12-13H,5H2,(H2,10,11). The van der Waals surface area contributed by atoms with Crippen LogP contribution in [0.1, 0.15) is 17.3 Å². The second kappa shape index (κ2) is 3.16. The number of hydroxylamine groups is 1. The predicted octanol–water partition coefficient (Wildman–Crippen LogP) is 0.577. The molecular formula is C9H11N3O. The van der Waals surface area contributed by atoms with Crippen molar-refractivity contribution in [3.8, 4) is 0 Å². The van der Waals surface area contributed by atoms with E-state index in [-0.39, 0.29) is 0 Å². The lowest BCUT2D eigenvalue weighted by Crippen LogP contribution is -2.27. The summed E-state index contributed by atoms with van der Waals surface area (Å²) in [6, 6.07) is 7.78. The van der Waals surface area contributed by atoms with Gasteiger partial charge in [-0.05, 0) is 11.1 Å². The lowest BCUT2D eigenvalue weighted by molar-refractivity contribution is 0.128. The first-order valence-corrected chi connectivity index (χ1v) is 4.11. The van der Waals surface area contributed by atoms with Gasteiger partial charge >= 0.3 is 0 Å². The smallest absolute Gasteiger partial charge is 0.149 e. The van der Waals surface area contributed by atoms with E-state index >= 15 is 0 Å². The van der Waals surface area contributed by atoms with E-state index in [1.165, 1.54) is 0 Å². The SMILES string of the molecule is NC1=NC(NO)c2ccccc2C1. The van der Waals surface area contributed by atoms with Crippen LogP contribution in [-0.2, 0) is 6.42 Å². The number of rotatable bonds is 1. The lowest BCUT2D eigenvalue weighted by atomic mass is 9.99. The first-order valence-electron chi connectivity index (χ1n) is 4.11. The van der Waals surface area contributed by atoms with Gasteiger partial charge in [-0.25, -0.2) is 4.99 Å². The molecule has 1 aliphatic heterocycles. The van der Waals surface area contributed by atoms with Gasteiger partial charge in [-0.1, -0.05) is 24.3 Å². The van der Waals surface area contributed by atoms with E-state index in [4.69, 9.17) is 10.9 Å². The van der Waals surface area contributed by atoms with Gasteiger partial charge in [0.25, 0.3) is 0 Å². The number of fused-ring (bicyclic) bond motifs is 1. The Balaban J connectivity index is 2.44. The van der Waals surface area contributed by atoms with Crippen LogP contribution in [0.15, 0.2) is 29.3 Å². The van der Waals surface area contributed by atoms with Crippen molar-refractivity contribution < 1.29 is 5.21 Å². The van der Waals surface area contributed by atoms with E-state index in [2.05, 4.69) is 10.5 Å². The van der Waals surface area contributed by atoms with E-state index in [9.17, 15) is 0 Å². The molecule has 68 valence electrons. The minimum absolute atomic E-state index is 0.412. The topological polar surface area (TPSA) is 70.6 Å². The maximum atomic E-state index is 8.84. The molecule has 0 amide bonds. The van der Waals surface area contributed by atoms with Gasteiger partial charge in [0.15, 0.2) is 0 Å². The number of hydrogen-bond acceptors (Lipinski definition) is 4. The Hall–Kier alpha value is -1.39. The zero-order valence-electron chi connectivity index (χ0n) is 7.07. The zero-order chi connectivity index (χ0) is 9.26. The number of hydrogen-bond donors (Lipinski definition) is 3. The van der Waals surface area contributed by atoms with Gasteiger partial charge in [0.05, 0.1) is 0 Å². The van der Waals surface area contributed by atoms with Gasteiger partial charge in [-0.3, -0.25) is 0 Å². The molecule has 4 nitrogen and oxygen atoms in total. The Morgan fingerprint density at radius 3 is 3.00 bits per heavy atom. The summed E-state index contributed by atoms with van der Waals surface area (Å²) >= 11 is 0. The summed E-state index contributed by atoms with van der Waals surface area (Å²) in [4.78, 5) is 4.08. The highest BCUT2D eigenvalue weighted by Gasteiger charge is 2.18. The average molecular weight is 177 g/mol. The third-order valence-corrected chi connectivity index (χ3v) is 2.14. The Morgan fingerprint density at radius 1 is 1.46 bits per heavy atom. The molecule has 4 N–H and O–H groups in total. The Morgan fingerprint density at radius 2 is 2.23 bits per heavy atom. The number of nitrogens with one attached hydrogen (secondary N) is 1. The van der Waals surface area contributed by atoms with Crippen molar-refractivity contribution in [2.45, 2.75) is 12.6 Å². The van der Waals surface area contributed by atoms with Crippen LogP contribution in [0, 0.1) is 0 Å². The van der Waals surface area contributed by atoms with Gasteiger partial charge < -0.3 is 10.9 Å². The summed E-state index contributed by atoms with van der Waals surface area (Å²) in [5.41, 5.74) is 9.84. The Bertz CT molecular complexity index is 348. The third kappa shape index (κ3) is 1.41. The molecule has 1 aromatic rings. The van der Waals surface area contributed by atoms with E-state index in [1.54, 1.807) is 0 Å². The molecule has 1 aliphatic rings. The quantitative estimate of drug-likeness (QED) is 0.549. The highest BCUT2D eigenvalue weighted by atomic mass is 16.5. The number of benzene rings is 1. The first-order chi connectivity index (χ1) is 6.31. The van der Waals surface area contributed by atoms with Crippen LogP contribution >= 0.6 is 0 Å². The van der Waals surface area contributed by atoms with E-state index in [1.807, 2.05) is 24.3 Å². The molecule has 0 bridgehead atoms. The molecule has 0 saturated carbocycles. The molecule has 1 unspecified atom stereocenters. The van der Waals surface area contributed by atoms with Crippen molar-refractivity contribution in [2.24, 2.45) is 10.7 Å². The second-order valence-electron chi connectivity index (χ2n) is 3.03. The fourth-order valence-corrected chi connectivity index (χ4v) is 1.54. The molecule has 0 fully saturated rings. The van der Waals surface area contributed by atoms with Crippen LogP contribution in [0.25, 0.3) is 0 Å². The summed E-state index contributed by atoms with van der Waals surface area (Å²) in [5, 5.41) is 8.84. The highest BCUT2D eigenvalue weighted by Crippen LogP contribution is 2.23. The average Bonchev–Trinajstić information content (AvgIpc) is 2.16. The number of aliphatic imine (C=N–C) groups is 1. The van der Waals surface area contributed by atoms with Crippen LogP contribution in [0.3, 0.4) is 0 Å². The van der Waals surface area contributed by atoms with Crippen LogP contribution in [0.4, 0.5) is 0 Å². The van der Waals surface area contributed by atoms with Gasteiger partial charge in [0.2, 0.25) is 0 Å². The zero-order valence-corrected chi connectivity index (χ0v) is 7.07. The first kappa shape index (κ1) is 8.22. The van der Waals surface area contributed by atoms with Crippen molar-refractivity contribution in [3.63, 3.8) is 0 Å². The van der Waals surface area contributed by atoms with E-state index < -0.39 is 6.17 Å². The molecule has 0 saturated heterocycles. The summed E-state index contributed by atoms with van der Waals surface area (Å²) in [6.07, 6.45) is 0.249. The van der Waals surface area contributed by atoms with E-state index in [0.29, 0.717) is 12.3 Å². The lowest BCUT2D eigenvalue weighted by Gasteiger charge is -2.20. The summed E-state index contributed by atoms with van der Waals surface area (Å²) in [7, 11) is 0. The summed E-state index contributed by atoms with van der Waals surface area (Å²) in [5.74, 6) is 0.547. The summed E-state index contributed by atoms with van der Waals surface area (Å²) < 4.78 is 0. The maximum Gasteiger partial charge on any atom is 0.149 e. The van der Waals surface area contributed by atoms with Crippen LogP contribution in [0.2, 0.25) is 0 Å². The van der Waals surface area contributed by atoms with Crippen molar-refractivity contribution in [3.05, 3.63) is 35.4 Å². The fourth-order valence-electron chi connectivity index (χ4n) is 1.54. The van der Waals surface area contributed by atoms with Crippen LogP contribution < -0.4 is 11.2 Å². The molecule has 0 spiro atoms. The van der Waals surface area contributed by atoms with Crippen molar-refractivity contribution in [2.75, 3.05) is 0 Å². The molecule has 1 aromatic carbocycles. The monoisotopic (exact) mass is 177 g/mol. The molecule has 1 atom stereocenters. The van der Waals surface area contributed by atoms with Gasteiger partial charge in [0, 0.05) is 6.42 Å². The Kier molecular flexibility index (Phi) is 2.00. The van der Waals surface area contributed by atoms with Crippen molar-refractivity contribution in [1.82, 2.24) is 5.48 Å². The molecule has 0 radical (unpaired) electrons. The highest BCUT2D eigenvalue weighted by molar-refractivity contribution is 5.84. The van der Waals surface area contributed by atoms with Crippen LogP contribution in [0.5, 0.6) is 0 Å². The number of amidine groups is 1. The molecule has 0 aliphatic carbocycles. The normalized spacial score (nSPS) is 20.7. The molecule has 0 aromatic heterocycles. The van der Waals surface area contributed by atoms with Crippen molar-refractivity contribution in [1.29, 1.82) is 0 Å². The van der Waals surface area contributed by atoms with Gasteiger partial charge in [-0.2, -0.15) is 5.48 Å². The molecule has 2 rings (SSSR count). The minimum Gasteiger partial charge on any atom is -0.387 e. The van der Waals surface area contributed by atoms with Gasteiger partial charge in [-0.15, -0.1) is 0 Å². The minimum atomic E-state index is -0.412. The van der Waals surface area contributed by atoms with E-state index in [0.717, 1.165) is 11.1 Å². The molecule has 1 heterocycles. The molecular weight excluding hydrogens is 166 g/mol. The number of nitrogens with zero attached hydrogens (tertiary/aromatic N) is 1. The Labute approximate surface area is 76.1 Å². The largest absolute Gasteiger partial charge is 0.387 e.